The second-order valence-corrected chi connectivity index (χ2v) is 9.21. The number of nitrogens with zero attached hydrogens (tertiary/aromatic N) is 2. The summed E-state index contributed by atoms with van der Waals surface area (Å²) in [5.74, 6) is -1.19. The minimum Gasteiger partial charge on any atom is -0.464 e. The van der Waals surface area contributed by atoms with Crippen molar-refractivity contribution in [1.82, 2.24) is 5.32 Å². The maximum Gasteiger partial charge on any atom is 0.407 e. The van der Waals surface area contributed by atoms with Gasteiger partial charge in [0.15, 0.2) is 0 Å². The first-order valence-corrected chi connectivity index (χ1v) is 13.0. The highest BCUT2D eigenvalue weighted by Crippen LogP contribution is 2.44. The molecule has 2 aromatic rings. The summed E-state index contributed by atoms with van der Waals surface area (Å²) < 4.78 is 10.9. The second-order valence-electron chi connectivity index (χ2n) is 9.21. The van der Waals surface area contributed by atoms with Gasteiger partial charge in [0.05, 0.1) is 6.61 Å². The van der Waals surface area contributed by atoms with Crippen molar-refractivity contribution in [3.05, 3.63) is 65.2 Å². The van der Waals surface area contributed by atoms with Crippen LogP contribution in [0.2, 0.25) is 0 Å². The monoisotopic (exact) mass is 505 g/mol. The van der Waals surface area contributed by atoms with E-state index in [9.17, 15) is 14.4 Å². The second kappa shape index (κ2) is 14.7. The molecule has 196 valence electrons. The fraction of sp³-hybridized carbons (Fsp3) is 0.448. The van der Waals surface area contributed by atoms with Crippen LogP contribution in [0.4, 0.5) is 4.79 Å². The molecule has 0 heterocycles. The van der Waals surface area contributed by atoms with E-state index in [0.29, 0.717) is 0 Å². The van der Waals surface area contributed by atoms with Crippen LogP contribution in [-0.2, 0) is 19.1 Å². The number of hydrogen-bond acceptors (Lipinski definition) is 5. The molecule has 1 aliphatic rings. The van der Waals surface area contributed by atoms with Gasteiger partial charge in [0.1, 0.15) is 12.6 Å². The van der Waals surface area contributed by atoms with Gasteiger partial charge in [0, 0.05) is 12.3 Å². The fourth-order valence-corrected chi connectivity index (χ4v) is 4.60. The van der Waals surface area contributed by atoms with Crippen molar-refractivity contribution in [2.24, 2.45) is 0 Å². The zero-order valence-corrected chi connectivity index (χ0v) is 21.4. The van der Waals surface area contributed by atoms with Gasteiger partial charge < -0.3 is 20.3 Å². The number of unbranched alkanes of at least 4 members (excludes halogenated alkanes) is 5. The zero-order chi connectivity index (χ0) is 26.5. The van der Waals surface area contributed by atoms with Crippen LogP contribution in [0.15, 0.2) is 48.5 Å². The lowest BCUT2D eigenvalue weighted by Crippen LogP contribution is -2.43. The predicted molar refractivity (Wildman–Crippen MR) is 140 cm³/mol. The molecule has 0 saturated heterocycles. The number of benzene rings is 2. The lowest BCUT2D eigenvalue weighted by atomic mass is 9.98. The molecule has 0 radical (unpaired) electrons. The molecule has 0 saturated carbocycles. The van der Waals surface area contributed by atoms with Crippen molar-refractivity contribution in [3.8, 4) is 11.1 Å². The number of Topliss-reactive ketones (excluding diaryl/α,β-unsaturated/α-hetero) is 1. The Morgan fingerprint density at radius 2 is 1.57 bits per heavy atom. The lowest BCUT2D eigenvalue weighted by Gasteiger charge is -2.19. The van der Waals surface area contributed by atoms with Crippen molar-refractivity contribution in [2.75, 3.05) is 13.2 Å². The molecule has 1 amide bonds. The van der Waals surface area contributed by atoms with Gasteiger partial charge in [0.2, 0.25) is 5.78 Å². The molecule has 1 N–H and O–H groups in total. The number of ether oxygens (including phenoxy) is 2. The molecule has 0 spiro atoms. The van der Waals surface area contributed by atoms with Crippen molar-refractivity contribution in [2.45, 2.75) is 70.3 Å². The van der Waals surface area contributed by atoms with E-state index in [2.05, 4.69) is 29.2 Å². The van der Waals surface area contributed by atoms with Crippen molar-refractivity contribution in [3.63, 3.8) is 0 Å². The highest BCUT2D eigenvalue weighted by molar-refractivity contribution is 6.25. The Kier molecular flexibility index (Phi) is 11.1. The summed E-state index contributed by atoms with van der Waals surface area (Å²) in [7, 11) is 0. The molecule has 1 atom stereocenters. The molecule has 8 nitrogen and oxygen atoms in total. The molecule has 0 aromatic heterocycles. The number of carbonyl (C=O) groups excluding carboxylic acids is 3. The van der Waals surface area contributed by atoms with Gasteiger partial charge in [0.25, 0.3) is 0 Å². The van der Waals surface area contributed by atoms with Gasteiger partial charge in [-0.25, -0.2) is 9.59 Å². The molecular weight excluding hydrogens is 470 g/mol. The standard InChI is InChI=1S/C29H35N3O5/c1-2-3-4-5-6-11-18-36-28(34)27(17-16-21(33)19-31-30)32-29(35)37-20-26-24-14-9-7-12-22(24)23-13-8-10-15-25(23)26/h7-10,12-15,19,26-27H,2-6,11,16-18,20H2,1H3,(H,32,35)/t27-/m0/s1. The van der Waals surface area contributed by atoms with Crippen molar-refractivity contribution >= 4 is 24.1 Å². The Bertz CT molecular complexity index is 1080. The van der Waals surface area contributed by atoms with Crippen LogP contribution < -0.4 is 5.32 Å². The maximum atomic E-state index is 12.7. The Balaban J connectivity index is 1.56. The summed E-state index contributed by atoms with van der Waals surface area (Å²) in [6.07, 6.45) is 6.22. The number of fused-ring (bicyclic) bond motifs is 3. The summed E-state index contributed by atoms with van der Waals surface area (Å²) in [4.78, 5) is 39.9. The number of nitrogens with one attached hydrogen (secondary N) is 1. The molecule has 0 aliphatic heterocycles. The summed E-state index contributed by atoms with van der Waals surface area (Å²) in [6, 6.07) is 15.0. The molecule has 1 aliphatic carbocycles. The van der Waals surface area contributed by atoms with Gasteiger partial charge in [-0.1, -0.05) is 87.6 Å². The first-order valence-electron chi connectivity index (χ1n) is 13.0. The topological polar surface area (TPSA) is 118 Å². The molecule has 2 aromatic carbocycles. The summed E-state index contributed by atoms with van der Waals surface area (Å²) in [6.45, 7) is 2.51. The highest BCUT2D eigenvalue weighted by atomic mass is 16.6. The molecule has 37 heavy (non-hydrogen) atoms. The smallest absolute Gasteiger partial charge is 0.407 e. The Morgan fingerprint density at radius 1 is 0.946 bits per heavy atom. The van der Waals surface area contributed by atoms with E-state index in [0.717, 1.165) is 60.6 Å². The van der Waals surface area contributed by atoms with Crippen LogP contribution in [0.3, 0.4) is 0 Å². The highest BCUT2D eigenvalue weighted by Gasteiger charge is 2.30. The fourth-order valence-electron chi connectivity index (χ4n) is 4.60. The number of rotatable bonds is 15. The van der Waals surface area contributed by atoms with E-state index >= 15 is 0 Å². The average Bonchev–Trinajstić information content (AvgIpc) is 3.23. The number of alkyl carbamates (subject to hydrolysis) is 1. The zero-order valence-electron chi connectivity index (χ0n) is 21.4. The number of amides is 1. The number of ketones is 1. The SMILES string of the molecule is CCCCCCCCOC(=O)[C@H](CCC(=O)C=[N+]=[N-])NC(=O)OCC1c2ccccc2-c2ccccc21. The maximum absolute atomic E-state index is 12.7. The van der Waals surface area contributed by atoms with Gasteiger partial charge in [-0.3, -0.25) is 4.79 Å². The van der Waals surface area contributed by atoms with Gasteiger partial charge in [-0.2, -0.15) is 4.79 Å². The minimum absolute atomic E-state index is 0.00435. The Hall–Kier alpha value is -3.77. The number of carbonyl (C=O) groups is 3. The molecule has 0 fully saturated rings. The van der Waals surface area contributed by atoms with E-state index in [1.165, 1.54) is 6.42 Å². The minimum atomic E-state index is -1.05. The van der Waals surface area contributed by atoms with E-state index < -0.39 is 23.9 Å². The molecule has 0 bridgehead atoms. The van der Waals surface area contributed by atoms with E-state index in [1.807, 2.05) is 36.4 Å². The van der Waals surface area contributed by atoms with Crippen molar-refractivity contribution < 1.29 is 28.6 Å². The number of esters is 1. The third kappa shape index (κ3) is 8.12. The first kappa shape index (κ1) is 27.8. The lowest BCUT2D eigenvalue weighted by molar-refractivity contribution is -0.146. The summed E-state index contributed by atoms with van der Waals surface area (Å²) in [5.41, 5.74) is 13.0. The van der Waals surface area contributed by atoms with E-state index in [-0.39, 0.29) is 32.0 Å². The molecular formula is C29H35N3O5. The largest absolute Gasteiger partial charge is 0.464 e. The summed E-state index contributed by atoms with van der Waals surface area (Å²) in [5, 5.41) is 2.56. The van der Waals surface area contributed by atoms with Crippen LogP contribution in [0.5, 0.6) is 0 Å². The van der Waals surface area contributed by atoms with Gasteiger partial charge in [-0.05, 0) is 35.1 Å². The van der Waals surface area contributed by atoms with E-state index in [1.54, 1.807) is 0 Å². The van der Waals surface area contributed by atoms with Gasteiger partial charge in [-0.15, -0.1) is 0 Å². The number of hydrogen-bond donors (Lipinski definition) is 1. The summed E-state index contributed by atoms with van der Waals surface area (Å²) >= 11 is 0. The van der Waals surface area contributed by atoms with Crippen molar-refractivity contribution in [1.29, 1.82) is 0 Å². The van der Waals surface area contributed by atoms with Crippen LogP contribution in [0.1, 0.15) is 75.3 Å². The van der Waals surface area contributed by atoms with Crippen LogP contribution in [0.25, 0.3) is 16.7 Å². The molecule has 8 heteroatoms. The third-order valence-electron chi connectivity index (χ3n) is 6.54. The quantitative estimate of drug-likeness (QED) is 0.114. The Morgan fingerprint density at radius 3 is 2.22 bits per heavy atom. The van der Waals surface area contributed by atoms with Crippen LogP contribution in [0, 0.1) is 0 Å². The average molecular weight is 506 g/mol. The van der Waals surface area contributed by atoms with Crippen LogP contribution in [-0.4, -0.2) is 48.1 Å². The third-order valence-corrected chi connectivity index (χ3v) is 6.54. The Labute approximate surface area is 218 Å². The molecule has 3 rings (SSSR count). The first-order chi connectivity index (χ1) is 18.0. The normalized spacial score (nSPS) is 12.6. The van der Waals surface area contributed by atoms with Gasteiger partial charge >= 0.3 is 18.3 Å². The predicted octanol–water partition coefficient (Wildman–Crippen LogP) is 5.45. The van der Waals surface area contributed by atoms with Crippen LogP contribution >= 0.6 is 0 Å². The van der Waals surface area contributed by atoms with E-state index in [4.69, 9.17) is 15.0 Å². The molecule has 0 unspecified atom stereocenters.